The Balaban J connectivity index is 3.36. The van der Waals surface area contributed by atoms with Crippen molar-refractivity contribution in [1.82, 2.24) is 0 Å². The third-order valence-corrected chi connectivity index (χ3v) is 5.61. The summed E-state index contributed by atoms with van der Waals surface area (Å²) in [6.45, 7) is 11.9. The Hall–Kier alpha value is -0.163. The minimum Gasteiger partial charge on any atom is -0.382 e. The highest BCUT2D eigenvalue weighted by Gasteiger charge is 2.17. The Labute approximate surface area is 120 Å². The highest BCUT2D eigenvalue weighted by molar-refractivity contribution is 6.83. The Morgan fingerprint density at radius 3 is 2.21 bits per heavy atom. The van der Waals surface area contributed by atoms with E-state index in [0.717, 1.165) is 13.0 Å². The molecule has 0 aliphatic heterocycles. The molecular formula is C15H32O3Si. The molecule has 0 rings (SSSR count). The molecule has 0 bridgehead atoms. The maximum absolute atomic E-state index is 5.40. The van der Waals surface area contributed by atoms with Crippen molar-refractivity contribution in [2.24, 2.45) is 0 Å². The maximum Gasteiger partial charge on any atom is 0.146 e. The molecule has 0 N–H and O–H groups in total. The van der Waals surface area contributed by atoms with E-state index >= 15 is 0 Å². The summed E-state index contributed by atoms with van der Waals surface area (Å²) in [7, 11) is 0.588. The molecule has 0 aromatic carbocycles. The van der Waals surface area contributed by atoms with Crippen molar-refractivity contribution in [2.45, 2.75) is 52.2 Å². The van der Waals surface area contributed by atoms with Crippen molar-refractivity contribution in [3.63, 3.8) is 0 Å². The van der Waals surface area contributed by atoms with Gasteiger partial charge in [-0.15, -0.1) is 0 Å². The molecule has 4 heteroatoms. The predicted octanol–water partition coefficient (Wildman–Crippen LogP) is 4.01. The SMILES string of the molecule is CC=C(CCCCCOCOCCOC)[Si](C)(C)C. The van der Waals surface area contributed by atoms with Gasteiger partial charge < -0.3 is 14.2 Å². The van der Waals surface area contributed by atoms with Gasteiger partial charge in [-0.3, -0.25) is 0 Å². The van der Waals surface area contributed by atoms with Crippen molar-refractivity contribution < 1.29 is 14.2 Å². The van der Waals surface area contributed by atoms with Crippen LogP contribution in [0.5, 0.6) is 0 Å². The molecule has 114 valence electrons. The number of hydrogen-bond donors (Lipinski definition) is 0. The van der Waals surface area contributed by atoms with Crippen LogP contribution in [0.1, 0.15) is 32.6 Å². The van der Waals surface area contributed by atoms with Gasteiger partial charge in [0.2, 0.25) is 0 Å². The van der Waals surface area contributed by atoms with Crippen LogP contribution in [-0.4, -0.2) is 41.8 Å². The molecule has 0 heterocycles. The zero-order chi connectivity index (χ0) is 14.6. The number of ether oxygens (including phenoxy) is 3. The van der Waals surface area contributed by atoms with Crippen LogP contribution in [0.2, 0.25) is 19.6 Å². The van der Waals surface area contributed by atoms with Crippen molar-refractivity contribution in [2.75, 3.05) is 33.7 Å². The molecule has 19 heavy (non-hydrogen) atoms. The molecule has 0 saturated carbocycles. The third-order valence-electron chi connectivity index (χ3n) is 3.15. The van der Waals surface area contributed by atoms with E-state index < -0.39 is 8.07 Å². The second kappa shape index (κ2) is 11.6. The van der Waals surface area contributed by atoms with E-state index in [-0.39, 0.29) is 0 Å². The molecule has 0 aromatic heterocycles. The minimum absolute atomic E-state index is 0.387. The lowest BCUT2D eigenvalue weighted by Gasteiger charge is -2.20. The summed E-state index contributed by atoms with van der Waals surface area (Å²) in [5.74, 6) is 0. The van der Waals surface area contributed by atoms with Crippen LogP contribution in [-0.2, 0) is 14.2 Å². The second-order valence-corrected chi connectivity index (χ2v) is 10.9. The maximum atomic E-state index is 5.40. The van der Waals surface area contributed by atoms with Crippen LogP contribution in [0.4, 0.5) is 0 Å². The van der Waals surface area contributed by atoms with Gasteiger partial charge in [-0.05, 0) is 26.2 Å². The molecule has 0 radical (unpaired) electrons. The Morgan fingerprint density at radius 1 is 0.947 bits per heavy atom. The highest BCUT2D eigenvalue weighted by Crippen LogP contribution is 2.20. The van der Waals surface area contributed by atoms with Gasteiger partial charge in [0.1, 0.15) is 6.79 Å². The van der Waals surface area contributed by atoms with Gasteiger partial charge in [0.15, 0.2) is 0 Å². The number of allylic oxidation sites excluding steroid dienone is 2. The van der Waals surface area contributed by atoms with E-state index in [1.165, 1.54) is 19.3 Å². The largest absolute Gasteiger partial charge is 0.382 e. The van der Waals surface area contributed by atoms with Gasteiger partial charge in [-0.1, -0.05) is 37.3 Å². The molecule has 0 fully saturated rings. The second-order valence-electron chi connectivity index (χ2n) is 5.80. The molecule has 0 spiro atoms. The van der Waals surface area contributed by atoms with E-state index in [0.29, 0.717) is 20.0 Å². The van der Waals surface area contributed by atoms with Crippen LogP contribution >= 0.6 is 0 Å². The van der Waals surface area contributed by atoms with E-state index in [1.54, 1.807) is 12.3 Å². The first-order chi connectivity index (χ1) is 9.02. The monoisotopic (exact) mass is 288 g/mol. The summed E-state index contributed by atoms with van der Waals surface area (Å²) in [6.07, 6.45) is 7.22. The normalized spacial score (nSPS) is 13.0. The fourth-order valence-electron chi connectivity index (χ4n) is 1.97. The number of hydrogen-bond acceptors (Lipinski definition) is 3. The summed E-state index contributed by atoms with van der Waals surface area (Å²) in [4.78, 5) is 0. The molecule has 3 nitrogen and oxygen atoms in total. The Bertz CT molecular complexity index is 234. The molecule has 0 atom stereocenters. The van der Waals surface area contributed by atoms with E-state index in [4.69, 9.17) is 14.2 Å². The van der Waals surface area contributed by atoms with Crippen molar-refractivity contribution in [1.29, 1.82) is 0 Å². The van der Waals surface area contributed by atoms with Gasteiger partial charge >= 0.3 is 0 Å². The summed E-state index contributed by atoms with van der Waals surface area (Å²) < 4.78 is 15.5. The smallest absolute Gasteiger partial charge is 0.146 e. The van der Waals surface area contributed by atoms with Crippen LogP contribution in [0.15, 0.2) is 11.3 Å². The van der Waals surface area contributed by atoms with Crippen molar-refractivity contribution in [3.8, 4) is 0 Å². The first-order valence-corrected chi connectivity index (χ1v) is 10.8. The zero-order valence-corrected chi connectivity index (χ0v) is 14.5. The zero-order valence-electron chi connectivity index (χ0n) is 13.5. The van der Waals surface area contributed by atoms with Gasteiger partial charge in [0.05, 0.1) is 21.3 Å². The number of unbranched alkanes of at least 4 members (excludes halogenated alkanes) is 2. The van der Waals surface area contributed by atoms with Crippen LogP contribution in [0.25, 0.3) is 0 Å². The van der Waals surface area contributed by atoms with Crippen LogP contribution in [0, 0.1) is 0 Å². The molecule has 0 amide bonds. The molecule has 0 saturated heterocycles. The van der Waals surface area contributed by atoms with Crippen LogP contribution < -0.4 is 0 Å². The van der Waals surface area contributed by atoms with E-state index in [1.807, 2.05) is 0 Å². The number of methoxy groups -OCH3 is 1. The lowest BCUT2D eigenvalue weighted by Crippen LogP contribution is -2.23. The Morgan fingerprint density at radius 2 is 1.63 bits per heavy atom. The Kier molecular flexibility index (Phi) is 11.5. The molecule has 0 aromatic rings. The lowest BCUT2D eigenvalue weighted by molar-refractivity contribution is -0.0663. The molecular weight excluding hydrogens is 256 g/mol. The topological polar surface area (TPSA) is 27.7 Å². The average Bonchev–Trinajstić information content (AvgIpc) is 2.34. The van der Waals surface area contributed by atoms with Gasteiger partial charge in [0.25, 0.3) is 0 Å². The summed E-state index contributed by atoms with van der Waals surface area (Å²) in [5.41, 5.74) is 0. The lowest BCUT2D eigenvalue weighted by atomic mass is 10.2. The predicted molar refractivity (Wildman–Crippen MR) is 84.2 cm³/mol. The minimum atomic E-state index is -1.08. The van der Waals surface area contributed by atoms with Crippen molar-refractivity contribution >= 4 is 8.07 Å². The average molecular weight is 289 g/mol. The fraction of sp³-hybridized carbons (Fsp3) is 0.867. The van der Waals surface area contributed by atoms with Crippen molar-refractivity contribution in [3.05, 3.63) is 11.3 Å². The summed E-state index contributed by atoms with van der Waals surface area (Å²) >= 11 is 0. The summed E-state index contributed by atoms with van der Waals surface area (Å²) in [5, 5.41) is 1.69. The molecule has 0 aliphatic rings. The van der Waals surface area contributed by atoms with Gasteiger partial charge in [-0.25, -0.2) is 0 Å². The first kappa shape index (κ1) is 18.8. The first-order valence-electron chi connectivity index (χ1n) is 7.32. The third kappa shape index (κ3) is 11.4. The van der Waals surface area contributed by atoms with Gasteiger partial charge in [0, 0.05) is 13.7 Å². The number of rotatable bonds is 12. The summed E-state index contributed by atoms with van der Waals surface area (Å²) in [6, 6.07) is 0. The quantitative estimate of drug-likeness (QED) is 0.308. The van der Waals surface area contributed by atoms with Crippen LogP contribution in [0.3, 0.4) is 0 Å². The molecule has 0 aliphatic carbocycles. The van der Waals surface area contributed by atoms with Gasteiger partial charge in [-0.2, -0.15) is 0 Å². The molecule has 0 unspecified atom stereocenters. The van der Waals surface area contributed by atoms with E-state index in [2.05, 4.69) is 32.6 Å². The fourth-order valence-corrected chi connectivity index (χ4v) is 3.76. The van der Waals surface area contributed by atoms with E-state index in [9.17, 15) is 0 Å². The standard InChI is InChI=1S/C15H32O3Si/c1-6-15(19(3,4)5)10-8-7-9-11-17-14-18-13-12-16-2/h6H,7-14H2,1-5H3. The highest BCUT2D eigenvalue weighted by atomic mass is 28.3.